The van der Waals surface area contributed by atoms with Crippen LogP contribution in [0.5, 0.6) is 5.75 Å². The lowest BCUT2D eigenvalue weighted by molar-refractivity contribution is 0.126. The molecule has 0 amide bonds. The van der Waals surface area contributed by atoms with E-state index in [0.29, 0.717) is 6.04 Å². The lowest BCUT2D eigenvalue weighted by Crippen LogP contribution is -2.46. The Hall–Kier alpha value is -1.06. The van der Waals surface area contributed by atoms with E-state index in [1.807, 2.05) is 0 Å². The predicted octanol–water partition coefficient (Wildman–Crippen LogP) is 1.42. The molecule has 0 radical (unpaired) electrons. The summed E-state index contributed by atoms with van der Waals surface area (Å²) < 4.78 is 5.70. The van der Waals surface area contributed by atoms with Crippen LogP contribution in [0.3, 0.4) is 0 Å². The molecule has 2 aliphatic heterocycles. The Bertz CT molecular complexity index is 361. The number of nitrogens with one attached hydrogen (secondary N) is 1. The number of para-hydroxylation sites is 1. The van der Waals surface area contributed by atoms with Crippen molar-refractivity contribution in [2.24, 2.45) is 0 Å². The van der Waals surface area contributed by atoms with Crippen molar-refractivity contribution < 1.29 is 4.74 Å². The zero-order chi connectivity index (χ0) is 10.8. The van der Waals surface area contributed by atoms with Crippen LogP contribution in [0.1, 0.15) is 18.0 Å². The normalized spacial score (nSPS) is 25.9. The smallest absolute Gasteiger partial charge is 0.124 e. The fourth-order valence-electron chi connectivity index (χ4n) is 2.70. The van der Waals surface area contributed by atoms with E-state index >= 15 is 0 Å². The van der Waals surface area contributed by atoms with Gasteiger partial charge in [-0.05, 0) is 6.07 Å². The van der Waals surface area contributed by atoms with Gasteiger partial charge >= 0.3 is 0 Å². The van der Waals surface area contributed by atoms with E-state index in [9.17, 15) is 0 Å². The number of benzene rings is 1. The molecule has 1 unspecified atom stereocenters. The Morgan fingerprint density at radius 3 is 2.88 bits per heavy atom. The van der Waals surface area contributed by atoms with Gasteiger partial charge in [0.1, 0.15) is 5.75 Å². The molecular weight excluding hydrogens is 200 g/mol. The van der Waals surface area contributed by atoms with Crippen molar-refractivity contribution in [2.75, 3.05) is 32.8 Å². The van der Waals surface area contributed by atoms with E-state index in [2.05, 4.69) is 34.5 Å². The first-order valence-electron chi connectivity index (χ1n) is 6.11. The first-order valence-corrected chi connectivity index (χ1v) is 6.11. The van der Waals surface area contributed by atoms with Gasteiger partial charge in [-0.15, -0.1) is 0 Å². The third-order valence-electron chi connectivity index (χ3n) is 3.52. The Kier molecular flexibility index (Phi) is 2.80. The van der Waals surface area contributed by atoms with Crippen LogP contribution in [-0.4, -0.2) is 37.7 Å². The highest BCUT2D eigenvalue weighted by atomic mass is 16.5. The van der Waals surface area contributed by atoms with Crippen molar-refractivity contribution in [3.63, 3.8) is 0 Å². The first kappa shape index (κ1) is 10.1. The molecule has 2 heterocycles. The Balaban J connectivity index is 1.86. The third-order valence-corrected chi connectivity index (χ3v) is 3.52. The van der Waals surface area contributed by atoms with Crippen LogP contribution in [0.2, 0.25) is 0 Å². The summed E-state index contributed by atoms with van der Waals surface area (Å²) in [5.74, 6) is 1.08. The summed E-state index contributed by atoms with van der Waals surface area (Å²) in [6, 6.07) is 9.03. The second kappa shape index (κ2) is 4.44. The van der Waals surface area contributed by atoms with Gasteiger partial charge in [-0.3, -0.25) is 4.90 Å². The fourth-order valence-corrected chi connectivity index (χ4v) is 2.70. The van der Waals surface area contributed by atoms with E-state index in [0.717, 1.165) is 45.0 Å². The van der Waals surface area contributed by atoms with Gasteiger partial charge in [0.05, 0.1) is 6.61 Å². The summed E-state index contributed by atoms with van der Waals surface area (Å²) in [5.41, 5.74) is 1.37. The molecule has 3 rings (SSSR count). The molecule has 1 N–H and O–H groups in total. The van der Waals surface area contributed by atoms with Crippen LogP contribution >= 0.6 is 0 Å². The number of hydrogen-bond acceptors (Lipinski definition) is 3. The van der Waals surface area contributed by atoms with Crippen molar-refractivity contribution in [1.29, 1.82) is 0 Å². The molecule has 86 valence electrons. The van der Waals surface area contributed by atoms with Gasteiger partial charge < -0.3 is 10.1 Å². The topological polar surface area (TPSA) is 24.5 Å². The minimum Gasteiger partial charge on any atom is -0.493 e. The summed E-state index contributed by atoms with van der Waals surface area (Å²) in [6.07, 6.45) is 1.12. The summed E-state index contributed by atoms with van der Waals surface area (Å²) in [7, 11) is 0. The van der Waals surface area contributed by atoms with Crippen LogP contribution in [0.4, 0.5) is 0 Å². The highest BCUT2D eigenvalue weighted by Gasteiger charge is 2.27. The number of hydrogen-bond donors (Lipinski definition) is 1. The van der Waals surface area contributed by atoms with Gasteiger partial charge in [0.25, 0.3) is 0 Å². The number of rotatable bonds is 1. The van der Waals surface area contributed by atoms with E-state index in [4.69, 9.17) is 4.74 Å². The molecule has 0 aromatic heterocycles. The summed E-state index contributed by atoms with van der Waals surface area (Å²) in [4.78, 5) is 2.58. The molecule has 1 saturated heterocycles. The van der Waals surface area contributed by atoms with E-state index in [1.54, 1.807) is 0 Å². The SMILES string of the molecule is c1ccc2c(c1)OCCC2N1CCNCC1. The Labute approximate surface area is 96.4 Å². The zero-order valence-corrected chi connectivity index (χ0v) is 9.48. The predicted molar refractivity (Wildman–Crippen MR) is 63.7 cm³/mol. The highest BCUT2D eigenvalue weighted by Crippen LogP contribution is 2.35. The van der Waals surface area contributed by atoms with Crippen molar-refractivity contribution in [3.05, 3.63) is 29.8 Å². The zero-order valence-electron chi connectivity index (χ0n) is 9.48. The van der Waals surface area contributed by atoms with Crippen LogP contribution in [0, 0.1) is 0 Å². The third kappa shape index (κ3) is 1.81. The standard InChI is InChI=1S/C13H18N2O/c1-2-4-13-11(3-1)12(5-10-16-13)15-8-6-14-7-9-15/h1-4,12,14H,5-10H2. The van der Waals surface area contributed by atoms with Crippen LogP contribution in [-0.2, 0) is 0 Å². The number of fused-ring (bicyclic) bond motifs is 1. The molecule has 16 heavy (non-hydrogen) atoms. The fraction of sp³-hybridized carbons (Fsp3) is 0.538. The van der Waals surface area contributed by atoms with Gasteiger partial charge in [-0.25, -0.2) is 0 Å². The van der Waals surface area contributed by atoms with E-state index < -0.39 is 0 Å². The van der Waals surface area contributed by atoms with E-state index in [-0.39, 0.29) is 0 Å². The molecular formula is C13H18N2O. The molecule has 2 aliphatic rings. The average Bonchev–Trinajstić information content (AvgIpc) is 2.39. The molecule has 1 fully saturated rings. The maximum Gasteiger partial charge on any atom is 0.124 e. The highest BCUT2D eigenvalue weighted by molar-refractivity contribution is 5.37. The maximum atomic E-state index is 5.70. The molecule has 3 nitrogen and oxygen atoms in total. The summed E-state index contributed by atoms with van der Waals surface area (Å²) in [5, 5.41) is 3.40. The van der Waals surface area contributed by atoms with Crippen molar-refractivity contribution >= 4 is 0 Å². The van der Waals surface area contributed by atoms with Crippen LogP contribution < -0.4 is 10.1 Å². The lowest BCUT2D eigenvalue weighted by Gasteiger charge is -2.38. The van der Waals surface area contributed by atoms with Gasteiger partial charge in [0.2, 0.25) is 0 Å². The molecule has 0 saturated carbocycles. The van der Waals surface area contributed by atoms with Crippen molar-refractivity contribution in [3.8, 4) is 5.75 Å². The average molecular weight is 218 g/mol. The molecule has 1 aromatic carbocycles. The quantitative estimate of drug-likeness (QED) is 0.771. The summed E-state index contributed by atoms with van der Waals surface area (Å²) in [6.45, 7) is 5.38. The van der Waals surface area contributed by atoms with Crippen LogP contribution in [0.25, 0.3) is 0 Å². The van der Waals surface area contributed by atoms with Crippen molar-refractivity contribution in [2.45, 2.75) is 12.5 Å². The molecule has 1 atom stereocenters. The molecule has 0 aliphatic carbocycles. The van der Waals surface area contributed by atoms with Gasteiger partial charge in [0.15, 0.2) is 0 Å². The van der Waals surface area contributed by atoms with Gasteiger partial charge in [-0.1, -0.05) is 18.2 Å². The van der Waals surface area contributed by atoms with Crippen molar-refractivity contribution in [1.82, 2.24) is 10.2 Å². The minimum atomic E-state index is 0.562. The molecule has 1 aromatic rings. The summed E-state index contributed by atoms with van der Waals surface area (Å²) >= 11 is 0. The first-order chi connectivity index (χ1) is 7.95. The molecule has 3 heteroatoms. The monoisotopic (exact) mass is 218 g/mol. The largest absolute Gasteiger partial charge is 0.493 e. The second-order valence-electron chi connectivity index (χ2n) is 4.48. The number of nitrogens with zero attached hydrogens (tertiary/aromatic N) is 1. The molecule has 0 spiro atoms. The second-order valence-corrected chi connectivity index (χ2v) is 4.48. The number of ether oxygens (including phenoxy) is 1. The lowest BCUT2D eigenvalue weighted by atomic mass is 9.98. The van der Waals surface area contributed by atoms with Gasteiger partial charge in [0, 0.05) is 44.2 Å². The van der Waals surface area contributed by atoms with E-state index in [1.165, 1.54) is 5.56 Å². The van der Waals surface area contributed by atoms with Gasteiger partial charge in [-0.2, -0.15) is 0 Å². The minimum absolute atomic E-state index is 0.562. The van der Waals surface area contributed by atoms with Crippen LogP contribution in [0.15, 0.2) is 24.3 Å². The Morgan fingerprint density at radius 2 is 2.00 bits per heavy atom. The molecule has 0 bridgehead atoms. The Morgan fingerprint density at radius 1 is 1.19 bits per heavy atom. The number of piperazine rings is 1. The maximum absolute atomic E-state index is 5.70.